The Morgan fingerprint density at radius 3 is 2.87 bits per heavy atom. The third kappa shape index (κ3) is 2.91. The first-order valence-corrected chi connectivity index (χ1v) is 7.77. The summed E-state index contributed by atoms with van der Waals surface area (Å²) in [6, 6.07) is 9.50. The molecule has 2 aromatic heterocycles. The monoisotopic (exact) mass is 326 g/mol. The maximum atomic E-state index is 10.5. The van der Waals surface area contributed by atoms with E-state index < -0.39 is 0 Å². The molecule has 0 spiro atoms. The number of imidazole rings is 1. The smallest absolute Gasteiger partial charge is 0.191 e. The van der Waals surface area contributed by atoms with Crippen LogP contribution in [0.1, 0.15) is 12.7 Å². The second kappa shape index (κ2) is 6.14. The zero-order valence-corrected chi connectivity index (χ0v) is 13.4. The predicted octanol–water partition coefficient (Wildman–Crippen LogP) is 2.66. The molecule has 7 nitrogen and oxygen atoms in total. The van der Waals surface area contributed by atoms with Crippen LogP contribution in [0.2, 0.25) is 0 Å². The molecule has 2 N–H and O–H groups in total. The van der Waals surface area contributed by atoms with Crippen LogP contribution in [0.15, 0.2) is 41.5 Å². The van der Waals surface area contributed by atoms with Crippen molar-refractivity contribution in [2.45, 2.75) is 17.3 Å². The van der Waals surface area contributed by atoms with Crippen molar-refractivity contribution >= 4 is 28.4 Å². The number of H-pyrrole nitrogens is 1. The Kier molecular flexibility index (Phi) is 4.04. The lowest BCUT2D eigenvalue weighted by Gasteiger charge is -2.10. The van der Waals surface area contributed by atoms with E-state index in [1.165, 1.54) is 11.8 Å². The molecule has 1 atom stereocenters. The van der Waals surface area contributed by atoms with Crippen LogP contribution in [0.25, 0.3) is 16.6 Å². The Morgan fingerprint density at radius 1 is 1.43 bits per heavy atom. The number of aliphatic hydroxyl groups is 1. The molecule has 0 unspecified atom stereocenters. The van der Waals surface area contributed by atoms with E-state index in [2.05, 4.69) is 20.2 Å². The van der Waals surface area contributed by atoms with Crippen LogP contribution in [0, 0.1) is 11.3 Å². The highest BCUT2D eigenvalue weighted by Crippen LogP contribution is 2.29. The lowest BCUT2D eigenvalue weighted by atomic mass is 10.2. The zero-order valence-electron chi connectivity index (χ0n) is 12.6. The molecule has 0 saturated carbocycles. The van der Waals surface area contributed by atoms with Gasteiger partial charge in [-0.15, -0.1) is 10.2 Å². The van der Waals surface area contributed by atoms with E-state index in [9.17, 15) is 10.4 Å². The topological polar surface area (TPSA) is 103 Å². The molecule has 0 radical (unpaired) electrons. The minimum absolute atomic E-state index is 0.0421. The summed E-state index contributed by atoms with van der Waals surface area (Å²) < 4.78 is 1.75. The molecule has 23 heavy (non-hydrogen) atoms. The number of aromatic amines is 1. The third-order valence-corrected chi connectivity index (χ3v) is 4.49. The standard InChI is InChI=1S/C15H14N6OS/c1-9(23-15-20-17-8-21(15)2)13(22)10(7-16)14-18-11-5-3-4-6-12(11)19-14/h3-6,8-9,22H,1-2H3,(H,18,19)/b13-10-/t9-/m0/s1. The quantitative estimate of drug-likeness (QED) is 0.434. The summed E-state index contributed by atoms with van der Waals surface area (Å²) in [7, 11) is 1.82. The molecule has 1 aromatic carbocycles. The van der Waals surface area contributed by atoms with Gasteiger partial charge in [0.1, 0.15) is 23.7 Å². The number of hydrogen-bond acceptors (Lipinski definition) is 6. The number of benzene rings is 1. The van der Waals surface area contributed by atoms with E-state index in [0.717, 1.165) is 11.0 Å². The number of rotatable bonds is 4. The highest BCUT2D eigenvalue weighted by molar-refractivity contribution is 7.99. The van der Waals surface area contributed by atoms with E-state index in [-0.39, 0.29) is 16.6 Å². The fourth-order valence-corrected chi connectivity index (χ4v) is 2.95. The summed E-state index contributed by atoms with van der Waals surface area (Å²) in [4.78, 5) is 7.42. The molecule has 0 amide bonds. The highest BCUT2D eigenvalue weighted by Gasteiger charge is 2.20. The van der Waals surface area contributed by atoms with Gasteiger partial charge in [0, 0.05) is 7.05 Å². The molecule has 3 rings (SSSR count). The summed E-state index contributed by atoms with van der Waals surface area (Å²) >= 11 is 1.32. The lowest BCUT2D eigenvalue weighted by molar-refractivity contribution is 0.401. The van der Waals surface area contributed by atoms with Gasteiger partial charge in [0.05, 0.1) is 16.3 Å². The van der Waals surface area contributed by atoms with Gasteiger partial charge in [-0.3, -0.25) is 0 Å². The molecule has 0 aliphatic rings. The zero-order chi connectivity index (χ0) is 16.4. The Balaban J connectivity index is 1.95. The molecule has 0 saturated heterocycles. The van der Waals surface area contributed by atoms with Crippen molar-refractivity contribution in [3.8, 4) is 6.07 Å². The van der Waals surface area contributed by atoms with Crippen molar-refractivity contribution in [2.75, 3.05) is 0 Å². The fourth-order valence-electron chi connectivity index (χ4n) is 2.10. The Hall–Kier alpha value is -2.79. The number of nitrogens with one attached hydrogen (secondary N) is 1. The summed E-state index contributed by atoms with van der Waals surface area (Å²) in [5, 5.41) is 28.0. The molecule has 8 heteroatoms. The molecule has 0 aliphatic heterocycles. The molecule has 116 valence electrons. The summed E-state index contributed by atoms with van der Waals surface area (Å²) in [6.45, 7) is 1.80. The third-order valence-electron chi connectivity index (χ3n) is 3.33. The first-order chi connectivity index (χ1) is 11.1. The number of aryl methyl sites for hydroxylation is 1. The Morgan fingerprint density at radius 2 is 2.22 bits per heavy atom. The lowest BCUT2D eigenvalue weighted by Crippen LogP contribution is -2.06. The van der Waals surface area contributed by atoms with Crippen LogP contribution in [0.5, 0.6) is 0 Å². The maximum Gasteiger partial charge on any atom is 0.191 e. The summed E-state index contributed by atoms with van der Waals surface area (Å²) in [6.07, 6.45) is 1.58. The van der Waals surface area contributed by atoms with Gasteiger partial charge < -0.3 is 14.7 Å². The van der Waals surface area contributed by atoms with E-state index in [1.807, 2.05) is 37.4 Å². The van der Waals surface area contributed by atoms with Crippen LogP contribution >= 0.6 is 11.8 Å². The Labute approximate surface area is 136 Å². The van der Waals surface area contributed by atoms with E-state index in [0.29, 0.717) is 11.0 Å². The van der Waals surface area contributed by atoms with Gasteiger partial charge in [-0.05, 0) is 19.1 Å². The van der Waals surface area contributed by atoms with Crippen molar-refractivity contribution in [3.63, 3.8) is 0 Å². The van der Waals surface area contributed by atoms with Crippen LogP contribution in [-0.2, 0) is 7.05 Å². The Bertz CT molecular complexity index is 886. The van der Waals surface area contributed by atoms with Crippen molar-refractivity contribution < 1.29 is 5.11 Å². The minimum atomic E-state index is -0.360. The number of aromatic nitrogens is 5. The number of fused-ring (bicyclic) bond motifs is 1. The van der Waals surface area contributed by atoms with Gasteiger partial charge in [0.2, 0.25) is 0 Å². The highest BCUT2D eigenvalue weighted by atomic mass is 32.2. The maximum absolute atomic E-state index is 10.5. The first-order valence-electron chi connectivity index (χ1n) is 6.89. The average molecular weight is 326 g/mol. The SMILES string of the molecule is C[C@H](Sc1nncn1C)/C(O)=C(\C#N)c1nc2ccccc2[nH]1. The average Bonchev–Trinajstić information content (AvgIpc) is 3.14. The van der Waals surface area contributed by atoms with E-state index >= 15 is 0 Å². The van der Waals surface area contributed by atoms with Crippen molar-refractivity contribution in [1.82, 2.24) is 24.7 Å². The van der Waals surface area contributed by atoms with Crippen LogP contribution in [-0.4, -0.2) is 35.1 Å². The normalized spacial score (nSPS) is 13.6. The van der Waals surface area contributed by atoms with Crippen LogP contribution < -0.4 is 0 Å². The second-order valence-corrected chi connectivity index (χ2v) is 6.27. The number of hydrogen-bond donors (Lipinski definition) is 2. The van der Waals surface area contributed by atoms with Gasteiger partial charge in [0.15, 0.2) is 11.0 Å². The van der Waals surface area contributed by atoms with Gasteiger partial charge in [-0.25, -0.2) is 4.98 Å². The van der Waals surface area contributed by atoms with Crippen LogP contribution in [0.4, 0.5) is 0 Å². The predicted molar refractivity (Wildman–Crippen MR) is 87.6 cm³/mol. The van der Waals surface area contributed by atoms with Crippen molar-refractivity contribution in [1.29, 1.82) is 5.26 Å². The number of aliphatic hydroxyl groups excluding tert-OH is 1. The van der Waals surface area contributed by atoms with Gasteiger partial charge in [-0.1, -0.05) is 23.9 Å². The number of nitrogens with zero attached hydrogens (tertiary/aromatic N) is 5. The molecule has 3 aromatic rings. The van der Waals surface area contributed by atoms with Gasteiger partial charge in [-0.2, -0.15) is 5.26 Å². The number of nitriles is 1. The minimum Gasteiger partial charge on any atom is -0.510 e. The van der Waals surface area contributed by atoms with Crippen molar-refractivity contribution in [2.24, 2.45) is 7.05 Å². The van der Waals surface area contributed by atoms with Crippen molar-refractivity contribution in [3.05, 3.63) is 42.2 Å². The molecular formula is C15H14N6OS. The fraction of sp³-hybridized carbons (Fsp3) is 0.200. The molecule has 0 aliphatic carbocycles. The van der Waals surface area contributed by atoms with Gasteiger partial charge in [0.25, 0.3) is 0 Å². The molecule has 0 bridgehead atoms. The summed E-state index contributed by atoms with van der Waals surface area (Å²) in [5.74, 6) is 0.316. The largest absolute Gasteiger partial charge is 0.510 e. The number of allylic oxidation sites excluding steroid dienone is 1. The van der Waals surface area contributed by atoms with Gasteiger partial charge >= 0.3 is 0 Å². The molecular weight excluding hydrogens is 312 g/mol. The van der Waals surface area contributed by atoms with Crippen LogP contribution in [0.3, 0.4) is 0 Å². The van der Waals surface area contributed by atoms with E-state index in [4.69, 9.17) is 0 Å². The number of para-hydroxylation sites is 2. The molecule has 0 fully saturated rings. The summed E-state index contributed by atoms with van der Waals surface area (Å²) in [5.41, 5.74) is 1.69. The second-order valence-electron chi connectivity index (χ2n) is 4.96. The molecule has 2 heterocycles. The first kappa shape index (κ1) is 15.1. The number of thioether (sulfide) groups is 1. The van der Waals surface area contributed by atoms with E-state index in [1.54, 1.807) is 17.8 Å².